The Morgan fingerprint density at radius 1 is 1.35 bits per heavy atom. The number of hydrogen-bond acceptors (Lipinski definition) is 3. The lowest BCUT2D eigenvalue weighted by molar-refractivity contribution is 0.178. The van der Waals surface area contributed by atoms with Gasteiger partial charge in [0.05, 0.1) is 0 Å². The maximum atomic E-state index is 5.95. The first-order valence-electron chi connectivity index (χ1n) is 7.59. The van der Waals surface area contributed by atoms with Crippen molar-refractivity contribution in [3.05, 3.63) is 29.3 Å². The fraction of sp³-hybridized carbons (Fsp3) is 0.625. The number of piperidine rings is 1. The molecule has 0 unspecified atom stereocenters. The number of rotatable bonds is 7. The highest BCUT2D eigenvalue weighted by Crippen LogP contribution is 2.17. The molecule has 1 fully saturated rings. The SMILES string of the molecule is CCN(CCOc1cccc(Cl)c1)CC1CCNCC1. The van der Waals surface area contributed by atoms with Crippen LogP contribution in [0.4, 0.5) is 0 Å². The summed E-state index contributed by atoms with van der Waals surface area (Å²) in [5, 5.41) is 4.15. The smallest absolute Gasteiger partial charge is 0.120 e. The van der Waals surface area contributed by atoms with Gasteiger partial charge in [-0.3, -0.25) is 4.90 Å². The van der Waals surface area contributed by atoms with Crippen molar-refractivity contribution in [2.75, 3.05) is 39.3 Å². The molecule has 0 radical (unpaired) electrons. The average molecular weight is 297 g/mol. The van der Waals surface area contributed by atoms with Crippen LogP contribution >= 0.6 is 11.6 Å². The van der Waals surface area contributed by atoms with Crippen molar-refractivity contribution in [3.63, 3.8) is 0 Å². The third-order valence-corrected chi connectivity index (χ3v) is 4.13. The van der Waals surface area contributed by atoms with Gasteiger partial charge in [-0.15, -0.1) is 0 Å². The lowest BCUT2D eigenvalue weighted by atomic mass is 9.97. The minimum atomic E-state index is 0.721. The topological polar surface area (TPSA) is 24.5 Å². The molecule has 20 heavy (non-hydrogen) atoms. The average Bonchev–Trinajstić information content (AvgIpc) is 2.47. The van der Waals surface area contributed by atoms with Crippen molar-refractivity contribution in [2.24, 2.45) is 5.92 Å². The highest BCUT2D eigenvalue weighted by atomic mass is 35.5. The monoisotopic (exact) mass is 296 g/mol. The number of nitrogens with one attached hydrogen (secondary N) is 1. The summed E-state index contributed by atoms with van der Waals surface area (Å²) in [6.45, 7) is 8.54. The molecule has 1 aromatic carbocycles. The van der Waals surface area contributed by atoms with E-state index in [1.165, 1.54) is 32.5 Å². The van der Waals surface area contributed by atoms with Crippen LogP contribution in [0.15, 0.2) is 24.3 Å². The molecule has 1 aliphatic rings. The summed E-state index contributed by atoms with van der Waals surface area (Å²) in [6.07, 6.45) is 2.59. The van der Waals surface area contributed by atoms with Crippen LogP contribution < -0.4 is 10.1 Å². The van der Waals surface area contributed by atoms with Gasteiger partial charge in [0.15, 0.2) is 0 Å². The first-order chi connectivity index (χ1) is 9.78. The van der Waals surface area contributed by atoms with Crippen molar-refractivity contribution in [2.45, 2.75) is 19.8 Å². The van der Waals surface area contributed by atoms with Crippen LogP contribution in [0.3, 0.4) is 0 Å². The largest absolute Gasteiger partial charge is 0.492 e. The van der Waals surface area contributed by atoms with E-state index >= 15 is 0 Å². The molecule has 4 heteroatoms. The van der Waals surface area contributed by atoms with E-state index in [1.54, 1.807) is 0 Å². The van der Waals surface area contributed by atoms with Gasteiger partial charge < -0.3 is 10.1 Å². The standard InChI is InChI=1S/C16H25ClN2O/c1-2-19(13-14-6-8-18-9-7-14)10-11-20-16-5-3-4-15(17)12-16/h3-5,12,14,18H,2,6-11,13H2,1H3. The molecule has 1 heterocycles. The van der Waals surface area contributed by atoms with Crippen LogP contribution in [0, 0.1) is 5.92 Å². The van der Waals surface area contributed by atoms with Gasteiger partial charge in [-0.25, -0.2) is 0 Å². The highest BCUT2D eigenvalue weighted by Gasteiger charge is 2.16. The molecule has 1 N–H and O–H groups in total. The van der Waals surface area contributed by atoms with Gasteiger partial charge in [0.25, 0.3) is 0 Å². The summed E-state index contributed by atoms with van der Waals surface area (Å²) >= 11 is 5.95. The number of hydrogen-bond donors (Lipinski definition) is 1. The molecular formula is C16H25ClN2O. The van der Waals surface area contributed by atoms with E-state index in [9.17, 15) is 0 Å². The molecule has 0 saturated carbocycles. The molecule has 1 aromatic rings. The second kappa shape index (κ2) is 8.50. The summed E-state index contributed by atoms with van der Waals surface area (Å²) in [5.41, 5.74) is 0. The third kappa shape index (κ3) is 5.31. The Morgan fingerprint density at radius 3 is 2.85 bits per heavy atom. The Bertz CT molecular complexity index is 394. The van der Waals surface area contributed by atoms with E-state index < -0.39 is 0 Å². The fourth-order valence-electron chi connectivity index (χ4n) is 2.66. The zero-order chi connectivity index (χ0) is 14.2. The highest BCUT2D eigenvalue weighted by molar-refractivity contribution is 6.30. The normalized spacial score (nSPS) is 16.6. The van der Waals surface area contributed by atoms with E-state index in [1.807, 2.05) is 24.3 Å². The van der Waals surface area contributed by atoms with Crippen LogP contribution in [-0.2, 0) is 0 Å². The van der Waals surface area contributed by atoms with Gasteiger partial charge in [0, 0.05) is 18.1 Å². The molecule has 1 aliphatic heterocycles. The van der Waals surface area contributed by atoms with Crippen LogP contribution in [0.1, 0.15) is 19.8 Å². The lowest BCUT2D eigenvalue weighted by Crippen LogP contribution is -2.37. The molecule has 2 rings (SSSR count). The van der Waals surface area contributed by atoms with Crippen molar-refractivity contribution >= 4 is 11.6 Å². The number of benzene rings is 1. The van der Waals surface area contributed by atoms with Crippen molar-refractivity contribution in [3.8, 4) is 5.75 Å². The van der Waals surface area contributed by atoms with E-state index in [0.717, 1.165) is 36.4 Å². The quantitative estimate of drug-likeness (QED) is 0.837. The van der Waals surface area contributed by atoms with Gasteiger partial charge in [-0.1, -0.05) is 24.6 Å². The van der Waals surface area contributed by atoms with Gasteiger partial charge in [-0.2, -0.15) is 0 Å². The first-order valence-corrected chi connectivity index (χ1v) is 7.97. The van der Waals surface area contributed by atoms with Gasteiger partial charge >= 0.3 is 0 Å². The molecule has 1 saturated heterocycles. The Morgan fingerprint density at radius 2 is 2.15 bits per heavy atom. The molecule has 0 bridgehead atoms. The van der Waals surface area contributed by atoms with E-state index in [0.29, 0.717) is 0 Å². The Labute approximate surface area is 127 Å². The summed E-state index contributed by atoms with van der Waals surface area (Å²) < 4.78 is 5.77. The lowest BCUT2D eigenvalue weighted by Gasteiger charge is -2.29. The summed E-state index contributed by atoms with van der Waals surface area (Å²) in [5.74, 6) is 1.69. The van der Waals surface area contributed by atoms with Crippen molar-refractivity contribution in [1.82, 2.24) is 10.2 Å². The zero-order valence-corrected chi connectivity index (χ0v) is 13.0. The molecule has 0 spiro atoms. The zero-order valence-electron chi connectivity index (χ0n) is 12.3. The minimum absolute atomic E-state index is 0.721. The van der Waals surface area contributed by atoms with Crippen LogP contribution in [0.25, 0.3) is 0 Å². The molecular weight excluding hydrogens is 272 g/mol. The number of halogens is 1. The van der Waals surface area contributed by atoms with Gasteiger partial charge in [-0.05, 0) is 56.6 Å². The molecule has 3 nitrogen and oxygen atoms in total. The van der Waals surface area contributed by atoms with E-state index in [4.69, 9.17) is 16.3 Å². The van der Waals surface area contributed by atoms with E-state index in [2.05, 4.69) is 17.1 Å². The minimum Gasteiger partial charge on any atom is -0.492 e. The predicted molar refractivity (Wildman–Crippen MR) is 84.7 cm³/mol. The maximum absolute atomic E-state index is 5.95. The summed E-state index contributed by atoms with van der Waals surface area (Å²) in [4.78, 5) is 2.49. The van der Waals surface area contributed by atoms with Crippen molar-refractivity contribution in [1.29, 1.82) is 0 Å². The van der Waals surface area contributed by atoms with Crippen LogP contribution in [-0.4, -0.2) is 44.2 Å². The maximum Gasteiger partial charge on any atom is 0.120 e. The summed E-state index contributed by atoms with van der Waals surface area (Å²) in [6, 6.07) is 7.60. The van der Waals surface area contributed by atoms with Gasteiger partial charge in [0.1, 0.15) is 12.4 Å². The van der Waals surface area contributed by atoms with Crippen molar-refractivity contribution < 1.29 is 4.74 Å². The van der Waals surface area contributed by atoms with Crippen LogP contribution in [0.5, 0.6) is 5.75 Å². The summed E-state index contributed by atoms with van der Waals surface area (Å²) in [7, 11) is 0. The second-order valence-corrected chi connectivity index (χ2v) is 5.83. The van der Waals surface area contributed by atoms with E-state index in [-0.39, 0.29) is 0 Å². The van der Waals surface area contributed by atoms with Crippen LogP contribution in [0.2, 0.25) is 5.02 Å². The number of ether oxygens (including phenoxy) is 1. The molecule has 0 aliphatic carbocycles. The Balaban J connectivity index is 1.70. The Hall–Kier alpha value is -0.770. The number of likely N-dealkylation sites (N-methyl/N-ethyl adjacent to an activating group) is 1. The third-order valence-electron chi connectivity index (χ3n) is 3.89. The fourth-order valence-corrected chi connectivity index (χ4v) is 2.84. The molecule has 112 valence electrons. The Kier molecular flexibility index (Phi) is 6.64. The first kappa shape index (κ1) is 15.6. The molecule has 0 atom stereocenters. The predicted octanol–water partition coefficient (Wildman–Crippen LogP) is 3.04. The second-order valence-electron chi connectivity index (χ2n) is 5.39. The molecule has 0 amide bonds. The molecule has 0 aromatic heterocycles. The number of nitrogens with zero attached hydrogens (tertiary/aromatic N) is 1. The van der Waals surface area contributed by atoms with Gasteiger partial charge in [0.2, 0.25) is 0 Å².